The Morgan fingerprint density at radius 2 is 1.85 bits per heavy atom. The molecular weight excluding hydrogens is 342 g/mol. The largest absolute Gasteiger partial charge is 0.380 e. The quantitative estimate of drug-likeness (QED) is 0.548. The van der Waals surface area contributed by atoms with Crippen LogP contribution in [0.25, 0.3) is 0 Å². The van der Waals surface area contributed by atoms with Crippen molar-refractivity contribution >= 4 is 17.7 Å². The van der Waals surface area contributed by atoms with E-state index in [1.807, 2.05) is 18.8 Å². The first-order valence-corrected chi connectivity index (χ1v) is 9.80. The number of hydrogen-bond donors (Lipinski definition) is 2. The summed E-state index contributed by atoms with van der Waals surface area (Å²) in [5.41, 5.74) is 2.41. The molecule has 1 saturated carbocycles. The molecule has 3 rings (SSSR count). The average Bonchev–Trinajstić information content (AvgIpc) is 3.43. The molecule has 0 spiro atoms. The van der Waals surface area contributed by atoms with E-state index in [9.17, 15) is 0 Å². The highest BCUT2D eigenvalue weighted by atomic mass is 32.2. The minimum Gasteiger partial charge on any atom is -0.380 e. The summed E-state index contributed by atoms with van der Waals surface area (Å²) < 4.78 is 5.51. The van der Waals surface area contributed by atoms with Gasteiger partial charge in [-0.3, -0.25) is 4.99 Å². The number of guanidine groups is 1. The second-order valence-electron chi connectivity index (χ2n) is 6.63. The first-order valence-electron chi connectivity index (χ1n) is 8.98. The van der Waals surface area contributed by atoms with E-state index < -0.39 is 0 Å². The van der Waals surface area contributed by atoms with Crippen molar-refractivity contribution in [3.8, 4) is 0 Å². The fourth-order valence-corrected chi connectivity index (χ4v) is 4.08. The highest BCUT2D eigenvalue weighted by Gasteiger charge is 2.43. The third-order valence-corrected chi connectivity index (χ3v) is 5.94. The van der Waals surface area contributed by atoms with E-state index in [0.29, 0.717) is 11.4 Å². The number of methoxy groups -OCH3 is 1. The molecule has 1 aliphatic carbocycles. The van der Waals surface area contributed by atoms with Crippen LogP contribution in [0.15, 0.2) is 64.5 Å². The third kappa shape index (κ3) is 5.51. The Morgan fingerprint density at radius 1 is 1.08 bits per heavy atom. The van der Waals surface area contributed by atoms with Crippen molar-refractivity contribution in [2.24, 2.45) is 4.99 Å². The maximum atomic E-state index is 5.20. The highest BCUT2D eigenvalue weighted by molar-refractivity contribution is 8.01. The van der Waals surface area contributed by atoms with E-state index >= 15 is 0 Å². The zero-order valence-corrected chi connectivity index (χ0v) is 16.3. The molecule has 0 heterocycles. The molecule has 5 heteroatoms. The number of aliphatic imine (C=N–C) groups is 1. The summed E-state index contributed by atoms with van der Waals surface area (Å²) >= 11 is 1.97. The van der Waals surface area contributed by atoms with Crippen LogP contribution in [-0.2, 0) is 17.9 Å². The molecule has 0 bridgehead atoms. The van der Waals surface area contributed by atoms with Gasteiger partial charge < -0.3 is 15.4 Å². The predicted molar refractivity (Wildman–Crippen MR) is 110 cm³/mol. The fourth-order valence-electron chi connectivity index (χ4n) is 2.84. The molecular formula is C21H27N3OS. The van der Waals surface area contributed by atoms with Gasteiger partial charge in [-0.05, 0) is 36.1 Å². The fraction of sp³-hybridized carbons (Fsp3) is 0.381. The van der Waals surface area contributed by atoms with E-state index in [4.69, 9.17) is 4.74 Å². The van der Waals surface area contributed by atoms with E-state index in [0.717, 1.165) is 19.0 Å². The van der Waals surface area contributed by atoms with Crippen molar-refractivity contribution in [1.82, 2.24) is 10.6 Å². The van der Waals surface area contributed by atoms with Crippen LogP contribution in [0.2, 0.25) is 0 Å². The van der Waals surface area contributed by atoms with Crippen LogP contribution >= 0.6 is 11.8 Å². The van der Waals surface area contributed by atoms with Gasteiger partial charge in [0.05, 0.1) is 6.61 Å². The molecule has 0 aliphatic heterocycles. The smallest absolute Gasteiger partial charge is 0.191 e. The van der Waals surface area contributed by atoms with Gasteiger partial charge in [0.25, 0.3) is 0 Å². The molecule has 0 radical (unpaired) electrons. The minimum atomic E-state index is 0.303. The van der Waals surface area contributed by atoms with Crippen LogP contribution in [0.5, 0.6) is 0 Å². The van der Waals surface area contributed by atoms with E-state index in [-0.39, 0.29) is 0 Å². The number of thioether (sulfide) groups is 1. The molecule has 0 aromatic heterocycles. The topological polar surface area (TPSA) is 45.7 Å². The van der Waals surface area contributed by atoms with E-state index in [1.54, 1.807) is 7.11 Å². The summed E-state index contributed by atoms with van der Waals surface area (Å²) in [6, 6.07) is 19.1. The predicted octanol–water partition coefficient (Wildman–Crippen LogP) is 3.82. The number of rotatable bonds is 8. The molecule has 1 fully saturated rings. The average molecular weight is 370 g/mol. The minimum absolute atomic E-state index is 0.303. The van der Waals surface area contributed by atoms with Crippen molar-refractivity contribution in [2.75, 3.05) is 20.7 Å². The maximum Gasteiger partial charge on any atom is 0.191 e. The lowest BCUT2D eigenvalue weighted by Gasteiger charge is -2.18. The molecule has 1 aliphatic rings. The van der Waals surface area contributed by atoms with Gasteiger partial charge in [-0.25, -0.2) is 0 Å². The summed E-state index contributed by atoms with van der Waals surface area (Å²) in [7, 11) is 3.54. The SMILES string of the molecule is CN=C(NCc1cccc(COC)c1)NCC1(Sc2ccccc2)CC1. The summed E-state index contributed by atoms with van der Waals surface area (Å²) in [6.45, 7) is 2.31. The van der Waals surface area contributed by atoms with Gasteiger partial charge in [0.1, 0.15) is 0 Å². The van der Waals surface area contributed by atoms with Crippen molar-refractivity contribution < 1.29 is 4.74 Å². The standard InChI is InChI=1S/C21H27N3OS/c1-22-20(23-14-17-7-6-8-18(13-17)15-25-2)24-16-21(11-12-21)26-19-9-4-3-5-10-19/h3-10,13H,11-12,14-16H2,1-2H3,(H2,22,23,24). The van der Waals surface area contributed by atoms with Crippen LogP contribution in [0, 0.1) is 0 Å². The van der Waals surface area contributed by atoms with E-state index in [2.05, 4.69) is 70.2 Å². The second-order valence-corrected chi connectivity index (χ2v) is 8.17. The Hall–Kier alpha value is -1.98. The highest BCUT2D eigenvalue weighted by Crippen LogP contribution is 2.51. The van der Waals surface area contributed by atoms with Crippen LogP contribution in [0.1, 0.15) is 24.0 Å². The third-order valence-electron chi connectivity index (χ3n) is 4.45. The molecule has 4 nitrogen and oxygen atoms in total. The zero-order chi connectivity index (χ0) is 18.2. The molecule has 2 aromatic carbocycles. The van der Waals surface area contributed by atoms with Crippen LogP contribution in [0.4, 0.5) is 0 Å². The van der Waals surface area contributed by atoms with Crippen molar-refractivity contribution in [3.63, 3.8) is 0 Å². The normalized spacial score (nSPS) is 15.5. The Morgan fingerprint density at radius 3 is 2.54 bits per heavy atom. The van der Waals surface area contributed by atoms with Crippen LogP contribution in [-0.4, -0.2) is 31.4 Å². The Bertz CT molecular complexity index is 729. The lowest BCUT2D eigenvalue weighted by Crippen LogP contribution is -2.40. The molecule has 2 N–H and O–H groups in total. The number of nitrogens with one attached hydrogen (secondary N) is 2. The molecule has 2 aromatic rings. The Labute approximate surface area is 160 Å². The van der Waals surface area contributed by atoms with Gasteiger partial charge >= 0.3 is 0 Å². The summed E-state index contributed by atoms with van der Waals surface area (Å²) in [4.78, 5) is 5.70. The summed E-state index contributed by atoms with van der Waals surface area (Å²) in [5.74, 6) is 0.849. The molecule has 0 unspecified atom stereocenters. The lowest BCUT2D eigenvalue weighted by molar-refractivity contribution is 0.185. The first kappa shape index (κ1) is 18.8. The van der Waals surface area contributed by atoms with Gasteiger partial charge in [0.2, 0.25) is 0 Å². The summed E-state index contributed by atoms with van der Waals surface area (Å²) in [5, 5.41) is 6.90. The molecule has 0 saturated heterocycles. The summed E-state index contributed by atoms with van der Waals surface area (Å²) in [6.07, 6.45) is 2.49. The van der Waals surface area contributed by atoms with Gasteiger partial charge in [-0.1, -0.05) is 42.5 Å². The molecule has 0 amide bonds. The second kappa shape index (κ2) is 9.10. The Balaban J connectivity index is 1.48. The monoisotopic (exact) mass is 369 g/mol. The molecule has 0 atom stereocenters. The van der Waals surface area contributed by atoms with Crippen molar-refractivity contribution in [1.29, 1.82) is 0 Å². The van der Waals surface area contributed by atoms with Crippen molar-refractivity contribution in [2.45, 2.75) is 35.6 Å². The van der Waals surface area contributed by atoms with Gasteiger partial charge in [0, 0.05) is 36.9 Å². The van der Waals surface area contributed by atoms with Gasteiger partial charge in [-0.2, -0.15) is 0 Å². The van der Waals surface area contributed by atoms with Gasteiger partial charge in [-0.15, -0.1) is 11.8 Å². The number of nitrogens with zero attached hydrogens (tertiary/aromatic N) is 1. The van der Waals surface area contributed by atoms with Gasteiger partial charge in [0.15, 0.2) is 5.96 Å². The number of benzene rings is 2. The van der Waals surface area contributed by atoms with E-state index in [1.165, 1.54) is 28.9 Å². The maximum absolute atomic E-state index is 5.20. The lowest BCUT2D eigenvalue weighted by atomic mass is 10.1. The number of hydrogen-bond acceptors (Lipinski definition) is 3. The number of ether oxygens (including phenoxy) is 1. The van der Waals surface area contributed by atoms with Crippen LogP contribution < -0.4 is 10.6 Å². The van der Waals surface area contributed by atoms with Crippen molar-refractivity contribution in [3.05, 3.63) is 65.7 Å². The molecule has 26 heavy (non-hydrogen) atoms. The zero-order valence-electron chi connectivity index (χ0n) is 15.5. The Kier molecular flexibility index (Phi) is 6.58. The molecule has 138 valence electrons. The van der Waals surface area contributed by atoms with Crippen LogP contribution in [0.3, 0.4) is 0 Å². The first-order chi connectivity index (χ1) is 12.7.